The van der Waals surface area contributed by atoms with Crippen LogP contribution in [0.2, 0.25) is 0 Å². The third-order valence-corrected chi connectivity index (χ3v) is 4.26. The summed E-state index contributed by atoms with van der Waals surface area (Å²) < 4.78 is 37.0. The summed E-state index contributed by atoms with van der Waals surface area (Å²) in [6.45, 7) is 1.76. The van der Waals surface area contributed by atoms with E-state index < -0.39 is 42.0 Å². The molecule has 0 bridgehead atoms. The van der Waals surface area contributed by atoms with Gasteiger partial charge >= 0.3 is 12.1 Å². The van der Waals surface area contributed by atoms with Gasteiger partial charge in [0.15, 0.2) is 0 Å². The van der Waals surface area contributed by atoms with Crippen molar-refractivity contribution in [2.45, 2.75) is 51.7 Å². The molecule has 1 rings (SSSR count). The van der Waals surface area contributed by atoms with Crippen molar-refractivity contribution in [3.05, 3.63) is 0 Å². The largest absolute Gasteiger partial charge is 0.481 e. The number of carbonyl (C=O) groups excluding carboxylic acids is 2. The molecule has 1 fully saturated rings. The van der Waals surface area contributed by atoms with Crippen LogP contribution >= 0.6 is 0 Å². The Labute approximate surface area is 132 Å². The molecule has 9 heteroatoms. The van der Waals surface area contributed by atoms with Crippen LogP contribution in [0, 0.1) is 5.41 Å². The maximum atomic E-state index is 12.3. The van der Waals surface area contributed by atoms with Crippen molar-refractivity contribution in [3.63, 3.8) is 0 Å². The summed E-state index contributed by atoms with van der Waals surface area (Å²) in [6.07, 6.45) is -4.44. The number of rotatable bonds is 7. The molecule has 23 heavy (non-hydrogen) atoms. The smallest absolute Gasteiger partial charge is 0.406 e. The number of amides is 2. The molecule has 132 valence electrons. The van der Waals surface area contributed by atoms with Crippen LogP contribution in [0.4, 0.5) is 13.2 Å². The van der Waals surface area contributed by atoms with Crippen LogP contribution < -0.4 is 5.32 Å². The van der Waals surface area contributed by atoms with Crippen molar-refractivity contribution in [1.29, 1.82) is 0 Å². The Bertz CT molecular complexity index is 475. The Kier molecular flexibility index (Phi) is 6.01. The molecule has 1 atom stereocenters. The van der Waals surface area contributed by atoms with Gasteiger partial charge in [-0.05, 0) is 12.8 Å². The normalized spacial score (nSPS) is 19.1. The van der Waals surface area contributed by atoms with Crippen molar-refractivity contribution in [3.8, 4) is 0 Å². The van der Waals surface area contributed by atoms with Gasteiger partial charge in [-0.3, -0.25) is 14.4 Å². The lowest BCUT2D eigenvalue weighted by molar-refractivity contribution is -0.157. The summed E-state index contributed by atoms with van der Waals surface area (Å²) in [5.74, 6) is -2.33. The van der Waals surface area contributed by atoms with Crippen LogP contribution in [0.1, 0.15) is 39.5 Å². The maximum Gasteiger partial charge on any atom is 0.406 e. The molecule has 0 aromatic carbocycles. The van der Waals surface area contributed by atoms with E-state index in [1.807, 2.05) is 0 Å². The molecule has 2 amide bonds. The number of hydrogen-bond donors (Lipinski definition) is 2. The highest BCUT2D eigenvalue weighted by Crippen LogP contribution is 2.31. The molecule has 0 aliphatic carbocycles. The zero-order valence-electron chi connectivity index (χ0n) is 13.1. The average molecular weight is 338 g/mol. The first-order valence-electron chi connectivity index (χ1n) is 7.40. The predicted octanol–water partition coefficient (Wildman–Crippen LogP) is 1.55. The second-order valence-electron chi connectivity index (χ2n) is 5.83. The number of carboxylic acid groups (broad SMARTS) is 1. The van der Waals surface area contributed by atoms with Gasteiger partial charge in [0.2, 0.25) is 11.8 Å². The number of likely N-dealkylation sites (tertiary alicyclic amines) is 1. The van der Waals surface area contributed by atoms with Crippen LogP contribution in [0.15, 0.2) is 0 Å². The summed E-state index contributed by atoms with van der Waals surface area (Å²) >= 11 is 0. The summed E-state index contributed by atoms with van der Waals surface area (Å²) in [5, 5.41) is 11.7. The highest BCUT2D eigenvalue weighted by atomic mass is 19.4. The number of hydrogen-bond acceptors (Lipinski definition) is 3. The van der Waals surface area contributed by atoms with Gasteiger partial charge in [0.1, 0.15) is 6.54 Å². The van der Waals surface area contributed by atoms with Gasteiger partial charge in [-0.1, -0.05) is 13.8 Å². The number of halogens is 3. The standard InChI is InChI=1S/C14H21F3N2O4/c1-3-13(4-2,12(22)23)6-10(20)18-9-5-11(21)19(7-9)8-14(15,16)17/h9H,3-8H2,1-2H3,(H,18,20)(H,22,23). The molecule has 0 radical (unpaired) electrons. The van der Waals surface area contributed by atoms with E-state index in [-0.39, 0.29) is 32.2 Å². The molecular weight excluding hydrogens is 317 g/mol. The van der Waals surface area contributed by atoms with E-state index >= 15 is 0 Å². The lowest BCUT2D eigenvalue weighted by Crippen LogP contribution is -2.42. The van der Waals surface area contributed by atoms with Gasteiger partial charge in [0.25, 0.3) is 0 Å². The van der Waals surface area contributed by atoms with Crippen LogP contribution in [-0.4, -0.2) is 53.1 Å². The molecule has 0 aromatic heterocycles. The monoisotopic (exact) mass is 338 g/mol. The number of carbonyl (C=O) groups is 3. The van der Waals surface area contributed by atoms with E-state index in [1.54, 1.807) is 13.8 Å². The lowest BCUT2D eigenvalue weighted by Gasteiger charge is -2.26. The molecule has 1 saturated heterocycles. The number of nitrogens with zero attached hydrogens (tertiary/aromatic N) is 1. The SMILES string of the molecule is CCC(CC)(CC(=O)NC1CC(=O)N(CC(F)(F)F)C1)C(=O)O. The predicted molar refractivity (Wildman–Crippen MR) is 74.5 cm³/mol. The third-order valence-electron chi connectivity index (χ3n) is 4.26. The first-order chi connectivity index (χ1) is 10.5. The Balaban J connectivity index is 2.62. The summed E-state index contributed by atoms with van der Waals surface area (Å²) in [4.78, 5) is 35.5. The summed E-state index contributed by atoms with van der Waals surface area (Å²) in [7, 11) is 0. The average Bonchev–Trinajstić information content (AvgIpc) is 2.73. The maximum absolute atomic E-state index is 12.3. The van der Waals surface area contributed by atoms with Crippen molar-refractivity contribution >= 4 is 17.8 Å². The van der Waals surface area contributed by atoms with Crippen LogP contribution in [0.5, 0.6) is 0 Å². The second-order valence-corrected chi connectivity index (χ2v) is 5.83. The Morgan fingerprint density at radius 1 is 1.30 bits per heavy atom. The van der Waals surface area contributed by atoms with E-state index in [1.165, 1.54) is 0 Å². The second kappa shape index (κ2) is 7.18. The number of alkyl halides is 3. The van der Waals surface area contributed by atoms with E-state index in [4.69, 9.17) is 0 Å². The quantitative estimate of drug-likeness (QED) is 0.737. The minimum absolute atomic E-state index is 0.208. The minimum atomic E-state index is -4.49. The Hall–Kier alpha value is -1.80. The molecule has 0 saturated carbocycles. The Morgan fingerprint density at radius 2 is 1.87 bits per heavy atom. The van der Waals surface area contributed by atoms with Gasteiger partial charge in [-0.15, -0.1) is 0 Å². The molecule has 1 aliphatic heterocycles. The summed E-state index contributed by atoms with van der Waals surface area (Å²) in [5.41, 5.74) is -1.20. The molecule has 1 heterocycles. The molecule has 2 N–H and O–H groups in total. The van der Waals surface area contributed by atoms with E-state index in [2.05, 4.69) is 5.32 Å². The fourth-order valence-corrected chi connectivity index (χ4v) is 2.70. The van der Waals surface area contributed by atoms with Gasteiger partial charge < -0.3 is 15.3 Å². The number of nitrogens with one attached hydrogen (secondary N) is 1. The zero-order valence-corrected chi connectivity index (χ0v) is 13.1. The van der Waals surface area contributed by atoms with Crippen LogP contribution in [0.3, 0.4) is 0 Å². The fourth-order valence-electron chi connectivity index (χ4n) is 2.70. The number of aliphatic carboxylic acids is 1. The van der Waals surface area contributed by atoms with E-state index in [0.29, 0.717) is 4.90 Å². The van der Waals surface area contributed by atoms with Crippen molar-refractivity contribution < 1.29 is 32.7 Å². The first-order valence-corrected chi connectivity index (χ1v) is 7.40. The summed E-state index contributed by atoms with van der Waals surface area (Å²) in [6, 6.07) is -0.724. The highest BCUT2D eigenvalue weighted by Gasteiger charge is 2.41. The highest BCUT2D eigenvalue weighted by molar-refractivity contribution is 5.86. The first kappa shape index (κ1) is 19.2. The van der Waals surface area contributed by atoms with Crippen molar-refractivity contribution in [2.24, 2.45) is 5.41 Å². The van der Waals surface area contributed by atoms with Crippen LogP contribution in [-0.2, 0) is 14.4 Å². The fraction of sp³-hybridized carbons (Fsp3) is 0.786. The lowest BCUT2D eigenvalue weighted by atomic mass is 9.79. The van der Waals surface area contributed by atoms with Gasteiger partial charge in [-0.2, -0.15) is 13.2 Å². The van der Waals surface area contributed by atoms with E-state index in [0.717, 1.165) is 0 Å². The van der Waals surface area contributed by atoms with Crippen LogP contribution in [0.25, 0.3) is 0 Å². The molecule has 6 nitrogen and oxygen atoms in total. The zero-order chi connectivity index (χ0) is 17.8. The van der Waals surface area contributed by atoms with Gasteiger partial charge in [0, 0.05) is 19.4 Å². The Morgan fingerprint density at radius 3 is 2.30 bits per heavy atom. The molecule has 1 unspecified atom stereocenters. The van der Waals surface area contributed by atoms with Crippen molar-refractivity contribution in [2.75, 3.05) is 13.1 Å². The molecular formula is C14H21F3N2O4. The molecule has 0 spiro atoms. The van der Waals surface area contributed by atoms with Gasteiger partial charge in [-0.25, -0.2) is 0 Å². The molecule has 1 aliphatic rings. The minimum Gasteiger partial charge on any atom is -0.481 e. The third kappa shape index (κ3) is 5.11. The van der Waals surface area contributed by atoms with Gasteiger partial charge in [0.05, 0.1) is 11.5 Å². The number of carboxylic acids is 1. The van der Waals surface area contributed by atoms with E-state index in [9.17, 15) is 32.7 Å². The van der Waals surface area contributed by atoms with Crippen molar-refractivity contribution in [1.82, 2.24) is 10.2 Å². The molecule has 0 aromatic rings. The topological polar surface area (TPSA) is 86.7 Å².